The lowest BCUT2D eigenvalue weighted by molar-refractivity contribution is 0.713. The molecule has 0 nitrogen and oxygen atoms in total. The second-order valence-electron chi connectivity index (χ2n) is 3.94. The monoisotopic (exact) mass is 180 g/mol. The van der Waals surface area contributed by atoms with E-state index in [4.69, 9.17) is 0 Å². The normalized spacial score (nSPS) is 9.54. The molecule has 0 aliphatic rings. The highest BCUT2D eigenvalue weighted by molar-refractivity contribution is 5.06. The fraction of sp³-hybridized carbons (Fsp3) is 0.769. The fourth-order valence-electron chi connectivity index (χ4n) is 1.38. The van der Waals surface area contributed by atoms with Crippen molar-refractivity contribution in [1.29, 1.82) is 0 Å². The number of allylic oxidation sites excluding steroid dienone is 1. The van der Waals surface area contributed by atoms with Crippen LogP contribution >= 0.6 is 0 Å². The summed E-state index contributed by atoms with van der Waals surface area (Å²) in [5, 5.41) is 0. The van der Waals surface area contributed by atoms with Crippen LogP contribution in [-0.2, 0) is 0 Å². The molecule has 0 unspecified atom stereocenters. The van der Waals surface area contributed by atoms with E-state index in [1.54, 1.807) is 0 Å². The Bertz CT molecular complexity index is 166. The van der Waals surface area contributed by atoms with Gasteiger partial charge in [-0.3, -0.25) is 0 Å². The third-order valence-corrected chi connectivity index (χ3v) is 2.09. The zero-order valence-corrected chi connectivity index (χ0v) is 9.74. The Balaban J connectivity index is 4.12. The Morgan fingerprint density at radius 3 is 1.69 bits per heavy atom. The zero-order valence-electron chi connectivity index (χ0n) is 9.74. The largest absolute Gasteiger partial charge is 0.123 e. The molecule has 0 rings (SSSR count). The quantitative estimate of drug-likeness (QED) is 0.512. The summed E-state index contributed by atoms with van der Waals surface area (Å²) in [6.45, 7) is 8.77. The topological polar surface area (TPSA) is 0 Å². The average molecular weight is 180 g/mol. The highest BCUT2D eigenvalue weighted by atomic mass is 14.0. The first-order valence-corrected chi connectivity index (χ1v) is 5.62. The summed E-state index contributed by atoms with van der Waals surface area (Å²) >= 11 is 0. The predicted octanol–water partition coefficient (Wildman–Crippen LogP) is 4.86. The van der Waals surface area contributed by atoms with Gasteiger partial charge >= 0.3 is 0 Å². The lowest BCUT2D eigenvalue weighted by Gasteiger charge is -2.02. The first-order valence-electron chi connectivity index (χ1n) is 5.62. The Morgan fingerprint density at radius 1 is 0.923 bits per heavy atom. The molecule has 0 radical (unpaired) electrons. The molecule has 0 aromatic rings. The number of unbranched alkanes of at least 4 members (excludes halogenated alkanes) is 2. The SMILES string of the molecule is CCCCC(=C=C(C)C)CCCC. The van der Waals surface area contributed by atoms with Gasteiger partial charge < -0.3 is 0 Å². The molecule has 0 heterocycles. The van der Waals surface area contributed by atoms with Crippen molar-refractivity contribution in [2.45, 2.75) is 66.2 Å². The Labute approximate surface area is 83.7 Å². The maximum atomic E-state index is 3.48. The maximum Gasteiger partial charge on any atom is -0.0244 e. The summed E-state index contributed by atoms with van der Waals surface area (Å²) < 4.78 is 0. The number of hydrogen-bond donors (Lipinski definition) is 0. The molecule has 0 atom stereocenters. The lowest BCUT2D eigenvalue weighted by atomic mass is 10.0. The highest BCUT2D eigenvalue weighted by Gasteiger charge is 1.95. The first-order chi connectivity index (χ1) is 6.20. The van der Waals surface area contributed by atoms with Crippen LogP contribution in [-0.4, -0.2) is 0 Å². The lowest BCUT2D eigenvalue weighted by Crippen LogP contribution is -1.83. The van der Waals surface area contributed by atoms with E-state index < -0.39 is 0 Å². The van der Waals surface area contributed by atoms with Crippen molar-refractivity contribution in [2.75, 3.05) is 0 Å². The van der Waals surface area contributed by atoms with Crippen LogP contribution < -0.4 is 0 Å². The molecular weight excluding hydrogens is 156 g/mol. The van der Waals surface area contributed by atoms with Gasteiger partial charge in [-0.05, 0) is 50.7 Å². The van der Waals surface area contributed by atoms with Gasteiger partial charge in [-0.2, -0.15) is 0 Å². The maximum absolute atomic E-state index is 3.48. The van der Waals surface area contributed by atoms with Gasteiger partial charge in [0.25, 0.3) is 0 Å². The highest BCUT2D eigenvalue weighted by Crippen LogP contribution is 2.14. The van der Waals surface area contributed by atoms with Crippen LogP contribution in [0.2, 0.25) is 0 Å². The molecule has 0 aliphatic heterocycles. The molecule has 0 bridgehead atoms. The molecule has 0 amide bonds. The van der Waals surface area contributed by atoms with Crippen molar-refractivity contribution >= 4 is 0 Å². The van der Waals surface area contributed by atoms with E-state index in [0.29, 0.717) is 0 Å². The van der Waals surface area contributed by atoms with Crippen molar-refractivity contribution in [3.63, 3.8) is 0 Å². The molecular formula is C13H24. The van der Waals surface area contributed by atoms with E-state index in [9.17, 15) is 0 Å². The van der Waals surface area contributed by atoms with Gasteiger partial charge in [-0.15, -0.1) is 5.73 Å². The molecule has 0 saturated heterocycles. The third kappa shape index (κ3) is 7.87. The molecule has 0 aromatic carbocycles. The van der Waals surface area contributed by atoms with Crippen molar-refractivity contribution in [3.8, 4) is 0 Å². The molecule has 0 fully saturated rings. The van der Waals surface area contributed by atoms with E-state index in [0.717, 1.165) is 0 Å². The van der Waals surface area contributed by atoms with Crippen LogP contribution in [0.3, 0.4) is 0 Å². The summed E-state index contributed by atoms with van der Waals surface area (Å²) in [4.78, 5) is 0. The first kappa shape index (κ1) is 12.5. The Morgan fingerprint density at radius 2 is 1.38 bits per heavy atom. The van der Waals surface area contributed by atoms with Gasteiger partial charge in [0.1, 0.15) is 0 Å². The minimum atomic E-state index is 1.25. The smallest absolute Gasteiger partial charge is 0.0244 e. The van der Waals surface area contributed by atoms with E-state index in [1.165, 1.54) is 49.7 Å². The van der Waals surface area contributed by atoms with Crippen molar-refractivity contribution in [2.24, 2.45) is 0 Å². The van der Waals surface area contributed by atoms with Crippen LogP contribution in [0.1, 0.15) is 66.2 Å². The molecule has 0 aliphatic carbocycles. The van der Waals surface area contributed by atoms with E-state index >= 15 is 0 Å². The van der Waals surface area contributed by atoms with Gasteiger partial charge in [0, 0.05) is 0 Å². The van der Waals surface area contributed by atoms with Crippen LogP contribution in [0, 0.1) is 0 Å². The summed E-state index contributed by atoms with van der Waals surface area (Å²) in [6, 6.07) is 0. The predicted molar refractivity (Wildman–Crippen MR) is 60.9 cm³/mol. The van der Waals surface area contributed by atoms with Gasteiger partial charge in [0.05, 0.1) is 0 Å². The molecule has 13 heavy (non-hydrogen) atoms. The van der Waals surface area contributed by atoms with Gasteiger partial charge in [-0.25, -0.2) is 0 Å². The molecule has 0 aromatic heterocycles. The summed E-state index contributed by atoms with van der Waals surface area (Å²) in [5.41, 5.74) is 6.34. The number of rotatable bonds is 6. The standard InChI is InChI=1S/C13H24/c1-5-7-9-13(10-8-6-2)11-12(3)4/h5-10H2,1-4H3. The van der Waals surface area contributed by atoms with Crippen molar-refractivity contribution < 1.29 is 0 Å². The second-order valence-corrected chi connectivity index (χ2v) is 3.94. The minimum Gasteiger partial charge on any atom is -0.123 e. The van der Waals surface area contributed by atoms with E-state index in [1.807, 2.05) is 0 Å². The number of hydrogen-bond acceptors (Lipinski definition) is 0. The third-order valence-electron chi connectivity index (χ3n) is 2.09. The Kier molecular flexibility index (Phi) is 7.83. The zero-order chi connectivity index (χ0) is 10.1. The van der Waals surface area contributed by atoms with E-state index in [-0.39, 0.29) is 0 Å². The van der Waals surface area contributed by atoms with Crippen LogP contribution in [0.15, 0.2) is 16.9 Å². The molecule has 0 heteroatoms. The molecule has 0 N–H and O–H groups in total. The summed E-state index contributed by atoms with van der Waals surface area (Å²) in [5.74, 6) is 0. The van der Waals surface area contributed by atoms with Gasteiger partial charge in [0.2, 0.25) is 0 Å². The van der Waals surface area contributed by atoms with Crippen LogP contribution in [0.5, 0.6) is 0 Å². The molecule has 76 valence electrons. The second kappa shape index (κ2) is 8.13. The van der Waals surface area contributed by atoms with Gasteiger partial charge in [-0.1, -0.05) is 26.7 Å². The molecule has 0 saturated carbocycles. The summed E-state index contributed by atoms with van der Waals surface area (Å²) in [6.07, 6.45) is 7.72. The van der Waals surface area contributed by atoms with Crippen molar-refractivity contribution in [1.82, 2.24) is 0 Å². The molecule has 0 spiro atoms. The van der Waals surface area contributed by atoms with Gasteiger partial charge in [0.15, 0.2) is 0 Å². The van der Waals surface area contributed by atoms with Crippen LogP contribution in [0.4, 0.5) is 0 Å². The van der Waals surface area contributed by atoms with Crippen LogP contribution in [0.25, 0.3) is 0 Å². The minimum absolute atomic E-state index is 1.25. The van der Waals surface area contributed by atoms with E-state index in [2.05, 4.69) is 33.4 Å². The fourth-order valence-corrected chi connectivity index (χ4v) is 1.38. The summed E-state index contributed by atoms with van der Waals surface area (Å²) in [7, 11) is 0. The Hall–Kier alpha value is -0.480. The van der Waals surface area contributed by atoms with Crippen molar-refractivity contribution in [3.05, 3.63) is 16.9 Å². The average Bonchev–Trinajstić information content (AvgIpc) is 2.09.